The van der Waals surface area contributed by atoms with Gasteiger partial charge in [-0.1, -0.05) is 11.6 Å². The number of nitrogens with one attached hydrogen (secondary N) is 1. The molecule has 0 saturated heterocycles. The lowest BCUT2D eigenvalue weighted by molar-refractivity contribution is -0.119. The zero-order chi connectivity index (χ0) is 21.0. The van der Waals surface area contributed by atoms with Gasteiger partial charge in [-0.3, -0.25) is 9.36 Å². The Hall–Kier alpha value is -4.01. The van der Waals surface area contributed by atoms with Crippen LogP contribution in [0.2, 0.25) is 5.02 Å². The summed E-state index contributed by atoms with van der Waals surface area (Å²) in [4.78, 5) is 24.5. The number of hydrogen-bond donors (Lipinski definition) is 1. The lowest BCUT2D eigenvalue weighted by Crippen LogP contribution is -2.21. The third-order valence-corrected chi connectivity index (χ3v) is 4.24. The predicted octanol–water partition coefficient (Wildman–Crippen LogP) is 3.57. The molecule has 3 rings (SSSR count). The van der Waals surface area contributed by atoms with Gasteiger partial charge in [0.05, 0.1) is 10.6 Å². The van der Waals surface area contributed by atoms with Gasteiger partial charge in [-0.25, -0.2) is 4.79 Å². The second-order valence-electron chi connectivity index (χ2n) is 5.85. The fraction of sp³-hybridized carbons (Fsp3) is 0.100. The van der Waals surface area contributed by atoms with Crippen molar-refractivity contribution in [3.63, 3.8) is 0 Å². The second kappa shape index (κ2) is 8.34. The molecule has 0 fully saturated rings. The van der Waals surface area contributed by atoms with Crippen molar-refractivity contribution in [3.8, 4) is 18.0 Å². The van der Waals surface area contributed by atoms with Crippen LogP contribution in [0.5, 0.6) is 0 Å². The van der Waals surface area contributed by atoms with Crippen molar-refractivity contribution in [2.45, 2.75) is 6.92 Å². The molecule has 1 aromatic carbocycles. The highest BCUT2D eigenvalue weighted by Crippen LogP contribution is 2.26. The Labute approximate surface area is 170 Å². The Bertz CT molecular complexity index is 1170. The zero-order valence-electron chi connectivity index (χ0n) is 15.1. The summed E-state index contributed by atoms with van der Waals surface area (Å²) in [6.07, 6.45) is 3.34. The number of nitriles is 2. The molecule has 144 valence electrons. The van der Waals surface area contributed by atoms with Crippen LogP contribution in [0.4, 0.5) is 5.69 Å². The number of anilines is 1. The van der Waals surface area contributed by atoms with Gasteiger partial charge in [-0.2, -0.15) is 10.5 Å². The van der Waals surface area contributed by atoms with Crippen molar-refractivity contribution >= 4 is 29.2 Å². The van der Waals surface area contributed by atoms with Crippen LogP contribution in [0.3, 0.4) is 0 Å². The molecule has 1 N–H and O–H groups in total. The number of nitrogens with zero attached hydrogens (tertiary/aromatic N) is 3. The molecule has 9 heteroatoms. The van der Waals surface area contributed by atoms with Crippen molar-refractivity contribution < 1.29 is 18.7 Å². The fourth-order valence-corrected chi connectivity index (χ4v) is 2.84. The summed E-state index contributed by atoms with van der Waals surface area (Å²) in [6, 6.07) is 11.7. The molecule has 8 nitrogen and oxygen atoms in total. The minimum atomic E-state index is -0.853. The van der Waals surface area contributed by atoms with E-state index >= 15 is 0 Å². The smallest absolute Gasteiger partial charge is 0.343 e. The van der Waals surface area contributed by atoms with E-state index in [1.807, 2.05) is 12.1 Å². The van der Waals surface area contributed by atoms with Crippen LogP contribution in [0.1, 0.15) is 27.2 Å². The van der Waals surface area contributed by atoms with Crippen molar-refractivity contribution in [3.05, 3.63) is 70.2 Å². The summed E-state index contributed by atoms with van der Waals surface area (Å²) in [7, 11) is 0. The van der Waals surface area contributed by atoms with Gasteiger partial charge in [0, 0.05) is 18.1 Å². The van der Waals surface area contributed by atoms with Crippen LogP contribution in [0.25, 0.3) is 5.88 Å². The van der Waals surface area contributed by atoms with Crippen molar-refractivity contribution in [2.24, 2.45) is 0 Å². The highest BCUT2D eigenvalue weighted by molar-refractivity contribution is 6.32. The highest BCUT2D eigenvalue weighted by Gasteiger charge is 2.26. The molecule has 0 saturated carbocycles. The number of hydrogen-bond acceptors (Lipinski definition) is 6. The minimum absolute atomic E-state index is 0.0167. The molecule has 3 aromatic rings. The summed E-state index contributed by atoms with van der Waals surface area (Å²) >= 11 is 5.91. The number of halogens is 1. The van der Waals surface area contributed by atoms with E-state index in [0.29, 0.717) is 5.69 Å². The lowest BCUT2D eigenvalue weighted by atomic mass is 10.1. The Morgan fingerprint density at radius 2 is 1.97 bits per heavy atom. The number of carbonyl (C=O) groups excluding carboxylic acids is 2. The van der Waals surface area contributed by atoms with Gasteiger partial charge < -0.3 is 14.5 Å². The number of amides is 1. The Morgan fingerprint density at radius 3 is 2.59 bits per heavy atom. The Kier molecular flexibility index (Phi) is 5.68. The first-order valence-electron chi connectivity index (χ1n) is 8.28. The summed E-state index contributed by atoms with van der Waals surface area (Å²) in [5, 5.41) is 21.0. The molecule has 0 aliphatic heterocycles. The van der Waals surface area contributed by atoms with E-state index in [0.717, 1.165) is 0 Å². The van der Waals surface area contributed by atoms with Crippen LogP contribution in [-0.2, 0) is 9.53 Å². The minimum Gasteiger partial charge on any atom is -0.452 e. The van der Waals surface area contributed by atoms with Gasteiger partial charge in [0.25, 0.3) is 5.91 Å². The number of ether oxygens (including phenoxy) is 1. The molecule has 0 unspecified atom stereocenters. The van der Waals surface area contributed by atoms with Gasteiger partial charge in [0.15, 0.2) is 6.61 Å². The molecular weight excluding hydrogens is 396 g/mol. The van der Waals surface area contributed by atoms with Crippen molar-refractivity contribution in [1.29, 1.82) is 10.5 Å². The quantitative estimate of drug-likeness (QED) is 0.644. The number of rotatable bonds is 5. The summed E-state index contributed by atoms with van der Waals surface area (Å²) in [5.41, 5.74) is 0.601. The third kappa shape index (κ3) is 4.13. The molecule has 0 atom stereocenters. The molecular formula is C20H13ClN4O4. The third-order valence-electron chi connectivity index (χ3n) is 3.93. The van der Waals surface area contributed by atoms with Crippen LogP contribution in [0, 0.1) is 29.6 Å². The van der Waals surface area contributed by atoms with E-state index in [4.69, 9.17) is 26.0 Å². The first kappa shape index (κ1) is 19.7. The van der Waals surface area contributed by atoms with Crippen molar-refractivity contribution in [2.75, 3.05) is 11.9 Å². The second-order valence-corrected chi connectivity index (χ2v) is 6.25. The Morgan fingerprint density at radius 1 is 1.24 bits per heavy atom. The maximum Gasteiger partial charge on any atom is 0.343 e. The summed E-state index contributed by atoms with van der Waals surface area (Å²) < 4.78 is 12.1. The molecule has 29 heavy (non-hydrogen) atoms. The number of aryl methyl sites for hydroxylation is 1. The van der Waals surface area contributed by atoms with E-state index in [-0.39, 0.29) is 33.4 Å². The zero-order valence-corrected chi connectivity index (χ0v) is 15.9. The standard InChI is InChI=1S/C20H13ClN4O4/c1-12-18(15(10-23)19(29-12)25-6-2-3-7-25)20(27)28-11-17(26)24-14-5-4-13(9-22)16(21)8-14/h2-8H,11H2,1H3,(H,24,26). The van der Waals surface area contributed by atoms with Crippen LogP contribution >= 0.6 is 11.6 Å². The van der Waals surface area contributed by atoms with E-state index in [9.17, 15) is 14.9 Å². The Balaban J connectivity index is 1.70. The average Bonchev–Trinajstić information content (AvgIpc) is 3.33. The SMILES string of the molecule is Cc1oc(-n2cccc2)c(C#N)c1C(=O)OCC(=O)Nc1ccc(C#N)c(Cl)c1. The monoisotopic (exact) mass is 408 g/mol. The predicted molar refractivity (Wildman–Crippen MR) is 103 cm³/mol. The molecule has 0 spiro atoms. The molecule has 0 aliphatic carbocycles. The summed E-state index contributed by atoms with van der Waals surface area (Å²) in [5.74, 6) is -1.06. The highest BCUT2D eigenvalue weighted by atomic mass is 35.5. The maximum atomic E-state index is 12.4. The van der Waals surface area contributed by atoms with Gasteiger partial charge in [-0.15, -0.1) is 0 Å². The summed E-state index contributed by atoms with van der Waals surface area (Å²) in [6.45, 7) is 0.952. The fourth-order valence-electron chi connectivity index (χ4n) is 2.62. The topological polar surface area (TPSA) is 121 Å². The van der Waals surface area contributed by atoms with Gasteiger partial charge in [0.1, 0.15) is 29.0 Å². The first-order chi connectivity index (χ1) is 13.9. The maximum absolute atomic E-state index is 12.4. The van der Waals surface area contributed by atoms with Crippen molar-refractivity contribution in [1.82, 2.24) is 4.57 Å². The normalized spacial score (nSPS) is 10.1. The van der Waals surface area contributed by atoms with Gasteiger partial charge in [-0.05, 0) is 37.3 Å². The lowest BCUT2D eigenvalue weighted by Gasteiger charge is -2.07. The number of benzene rings is 1. The van der Waals surface area contributed by atoms with E-state index in [1.165, 1.54) is 25.1 Å². The first-order valence-corrected chi connectivity index (χ1v) is 8.66. The van der Waals surface area contributed by atoms with Crippen LogP contribution in [-0.4, -0.2) is 23.1 Å². The number of esters is 1. The van der Waals surface area contributed by atoms with Crippen LogP contribution < -0.4 is 5.32 Å². The molecule has 0 radical (unpaired) electrons. The van der Waals surface area contributed by atoms with E-state index in [2.05, 4.69) is 5.32 Å². The molecule has 2 aromatic heterocycles. The van der Waals surface area contributed by atoms with Gasteiger partial charge in [0.2, 0.25) is 5.88 Å². The molecule has 0 aliphatic rings. The number of aromatic nitrogens is 1. The molecule has 1 amide bonds. The molecule has 2 heterocycles. The van der Waals surface area contributed by atoms with Crippen LogP contribution in [0.15, 0.2) is 47.1 Å². The number of carbonyl (C=O) groups is 2. The van der Waals surface area contributed by atoms with Gasteiger partial charge >= 0.3 is 5.97 Å². The average molecular weight is 409 g/mol. The number of furan rings is 1. The molecule has 0 bridgehead atoms. The van der Waals surface area contributed by atoms with E-state index in [1.54, 1.807) is 29.1 Å². The van der Waals surface area contributed by atoms with E-state index < -0.39 is 18.5 Å². The largest absolute Gasteiger partial charge is 0.452 e.